The summed E-state index contributed by atoms with van der Waals surface area (Å²) in [6, 6.07) is 11.4. The Bertz CT molecular complexity index is 927. The van der Waals surface area contributed by atoms with Crippen LogP contribution in [0.5, 0.6) is 0 Å². The van der Waals surface area contributed by atoms with Crippen molar-refractivity contribution in [1.29, 1.82) is 0 Å². The van der Waals surface area contributed by atoms with Gasteiger partial charge in [0, 0.05) is 29.7 Å². The standard InChI is InChI=1S/C26H34N2/c1-17(2)21-9-10-22-16-28-26(13-23(22)11-21)20(6)8-7-19(5)25-12-24(18(3)4)14-27-15-25/h9-20H,7-8H2,1-6H3. The van der Waals surface area contributed by atoms with E-state index >= 15 is 0 Å². The van der Waals surface area contributed by atoms with Crippen LogP contribution in [0.2, 0.25) is 0 Å². The first-order valence-electron chi connectivity index (χ1n) is 10.7. The third kappa shape index (κ3) is 4.79. The summed E-state index contributed by atoms with van der Waals surface area (Å²) < 4.78 is 0. The molecule has 0 radical (unpaired) electrons. The maximum absolute atomic E-state index is 4.76. The third-order valence-electron chi connectivity index (χ3n) is 5.99. The van der Waals surface area contributed by atoms with E-state index in [0.717, 1.165) is 12.8 Å². The molecule has 2 atom stereocenters. The number of benzene rings is 1. The molecule has 0 aliphatic rings. The highest BCUT2D eigenvalue weighted by Gasteiger charge is 2.13. The summed E-state index contributed by atoms with van der Waals surface area (Å²) in [4.78, 5) is 9.21. The number of pyridine rings is 2. The van der Waals surface area contributed by atoms with Gasteiger partial charge in [-0.25, -0.2) is 0 Å². The molecule has 0 amide bonds. The average Bonchev–Trinajstić information content (AvgIpc) is 2.70. The van der Waals surface area contributed by atoms with Crippen LogP contribution in [-0.2, 0) is 0 Å². The van der Waals surface area contributed by atoms with E-state index in [1.807, 2.05) is 18.6 Å². The zero-order valence-electron chi connectivity index (χ0n) is 18.2. The van der Waals surface area contributed by atoms with Crippen LogP contribution in [0.15, 0.2) is 48.9 Å². The monoisotopic (exact) mass is 374 g/mol. The Morgan fingerprint density at radius 2 is 1.32 bits per heavy atom. The number of fused-ring (bicyclic) bond motifs is 1. The second kappa shape index (κ2) is 8.86. The molecule has 148 valence electrons. The number of nitrogens with zero attached hydrogens (tertiary/aromatic N) is 2. The predicted octanol–water partition coefficient (Wildman–Crippen LogP) is 7.56. The largest absolute Gasteiger partial charge is 0.264 e. The molecule has 2 unspecified atom stereocenters. The van der Waals surface area contributed by atoms with E-state index in [0.29, 0.717) is 23.7 Å². The van der Waals surface area contributed by atoms with E-state index in [9.17, 15) is 0 Å². The van der Waals surface area contributed by atoms with Gasteiger partial charge in [-0.3, -0.25) is 9.97 Å². The van der Waals surface area contributed by atoms with Gasteiger partial charge in [0.05, 0.1) is 0 Å². The molecule has 0 fully saturated rings. The minimum absolute atomic E-state index is 0.454. The van der Waals surface area contributed by atoms with Gasteiger partial charge in [-0.15, -0.1) is 0 Å². The summed E-state index contributed by atoms with van der Waals surface area (Å²) in [6.07, 6.45) is 8.34. The average molecular weight is 375 g/mol. The van der Waals surface area contributed by atoms with E-state index < -0.39 is 0 Å². The maximum Gasteiger partial charge on any atom is 0.0438 e. The second-order valence-electron chi connectivity index (χ2n) is 8.96. The van der Waals surface area contributed by atoms with Crippen molar-refractivity contribution in [2.24, 2.45) is 0 Å². The molecule has 0 spiro atoms. The van der Waals surface area contributed by atoms with E-state index in [1.165, 1.54) is 33.2 Å². The molecule has 2 heterocycles. The summed E-state index contributed by atoms with van der Waals surface area (Å²) in [5.74, 6) is 2.04. The Hall–Kier alpha value is -2.22. The minimum Gasteiger partial charge on any atom is -0.264 e. The molecular weight excluding hydrogens is 340 g/mol. The van der Waals surface area contributed by atoms with Gasteiger partial charge in [-0.1, -0.05) is 65.8 Å². The lowest BCUT2D eigenvalue weighted by Crippen LogP contribution is -2.02. The van der Waals surface area contributed by atoms with Crippen LogP contribution in [0.3, 0.4) is 0 Å². The second-order valence-corrected chi connectivity index (χ2v) is 8.96. The molecule has 3 rings (SSSR count). The first kappa shape index (κ1) is 20.5. The van der Waals surface area contributed by atoms with Gasteiger partial charge in [0.25, 0.3) is 0 Å². The van der Waals surface area contributed by atoms with Crippen LogP contribution in [0.25, 0.3) is 10.8 Å². The molecule has 2 aromatic heterocycles. The Morgan fingerprint density at radius 1 is 0.643 bits per heavy atom. The van der Waals surface area contributed by atoms with E-state index in [-0.39, 0.29) is 0 Å². The SMILES string of the molecule is CC(C)c1cncc(C(C)CCC(C)c2cc3cc(C(C)C)ccc3cn2)c1. The number of hydrogen-bond donors (Lipinski definition) is 0. The summed E-state index contributed by atoms with van der Waals surface area (Å²) >= 11 is 0. The van der Waals surface area contributed by atoms with Crippen molar-refractivity contribution in [1.82, 2.24) is 9.97 Å². The molecule has 0 aliphatic heterocycles. The van der Waals surface area contributed by atoms with Gasteiger partial charge in [-0.2, -0.15) is 0 Å². The lowest BCUT2D eigenvalue weighted by atomic mass is 9.90. The van der Waals surface area contributed by atoms with Crippen molar-refractivity contribution in [2.45, 2.75) is 78.1 Å². The smallest absolute Gasteiger partial charge is 0.0438 e. The van der Waals surface area contributed by atoms with Gasteiger partial charge in [-0.05, 0) is 64.7 Å². The Labute approximate surface area is 170 Å². The Morgan fingerprint density at radius 3 is 2.04 bits per heavy atom. The first-order valence-corrected chi connectivity index (χ1v) is 10.7. The number of rotatable bonds is 7. The Kier molecular flexibility index (Phi) is 6.49. The molecule has 0 saturated carbocycles. The highest BCUT2D eigenvalue weighted by atomic mass is 14.7. The maximum atomic E-state index is 4.76. The first-order chi connectivity index (χ1) is 13.3. The third-order valence-corrected chi connectivity index (χ3v) is 5.99. The summed E-state index contributed by atoms with van der Waals surface area (Å²) in [7, 11) is 0. The van der Waals surface area contributed by atoms with Crippen molar-refractivity contribution in [3.8, 4) is 0 Å². The normalized spacial score (nSPS) is 14.0. The minimum atomic E-state index is 0.454. The molecule has 2 heteroatoms. The highest BCUT2D eigenvalue weighted by Crippen LogP contribution is 2.29. The van der Waals surface area contributed by atoms with Crippen molar-refractivity contribution < 1.29 is 0 Å². The van der Waals surface area contributed by atoms with Crippen LogP contribution in [0.1, 0.15) is 100 Å². The molecule has 2 nitrogen and oxygen atoms in total. The van der Waals surface area contributed by atoms with Crippen molar-refractivity contribution in [3.63, 3.8) is 0 Å². The molecule has 3 aromatic rings. The zero-order valence-corrected chi connectivity index (χ0v) is 18.2. The zero-order chi connectivity index (χ0) is 20.3. The molecule has 0 aliphatic carbocycles. The lowest BCUT2D eigenvalue weighted by molar-refractivity contribution is 0.564. The molecule has 28 heavy (non-hydrogen) atoms. The van der Waals surface area contributed by atoms with E-state index in [2.05, 4.69) is 76.9 Å². The number of hydrogen-bond acceptors (Lipinski definition) is 2. The van der Waals surface area contributed by atoms with Crippen molar-refractivity contribution >= 4 is 10.8 Å². The molecular formula is C26H34N2. The fourth-order valence-electron chi connectivity index (χ4n) is 3.68. The van der Waals surface area contributed by atoms with E-state index in [1.54, 1.807) is 0 Å². The van der Waals surface area contributed by atoms with Crippen LogP contribution in [0, 0.1) is 0 Å². The van der Waals surface area contributed by atoms with Gasteiger partial charge < -0.3 is 0 Å². The van der Waals surface area contributed by atoms with Crippen LogP contribution in [0.4, 0.5) is 0 Å². The molecule has 0 bridgehead atoms. The molecule has 1 aromatic carbocycles. The van der Waals surface area contributed by atoms with Gasteiger partial charge >= 0.3 is 0 Å². The lowest BCUT2D eigenvalue weighted by Gasteiger charge is -2.17. The topological polar surface area (TPSA) is 25.8 Å². The van der Waals surface area contributed by atoms with Crippen LogP contribution < -0.4 is 0 Å². The number of aromatic nitrogens is 2. The quantitative estimate of drug-likeness (QED) is 0.426. The van der Waals surface area contributed by atoms with Crippen LogP contribution in [-0.4, -0.2) is 9.97 Å². The highest BCUT2D eigenvalue weighted by molar-refractivity contribution is 5.82. The van der Waals surface area contributed by atoms with Gasteiger partial charge in [0.15, 0.2) is 0 Å². The van der Waals surface area contributed by atoms with Gasteiger partial charge in [0.1, 0.15) is 0 Å². The summed E-state index contributed by atoms with van der Waals surface area (Å²) in [6.45, 7) is 13.6. The summed E-state index contributed by atoms with van der Waals surface area (Å²) in [5, 5.41) is 2.54. The van der Waals surface area contributed by atoms with E-state index in [4.69, 9.17) is 4.98 Å². The van der Waals surface area contributed by atoms with Crippen LogP contribution >= 0.6 is 0 Å². The molecule has 0 N–H and O–H groups in total. The predicted molar refractivity (Wildman–Crippen MR) is 120 cm³/mol. The fraction of sp³-hybridized carbons (Fsp3) is 0.462. The Balaban J connectivity index is 1.70. The van der Waals surface area contributed by atoms with Crippen molar-refractivity contribution in [3.05, 3.63) is 71.3 Å². The molecule has 0 saturated heterocycles. The van der Waals surface area contributed by atoms with Crippen molar-refractivity contribution in [2.75, 3.05) is 0 Å². The van der Waals surface area contributed by atoms with Gasteiger partial charge in [0.2, 0.25) is 0 Å². The summed E-state index contributed by atoms with van der Waals surface area (Å²) in [5.41, 5.74) is 5.28. The fourth-order valence-corrected chi connectivity index (χ4v) is 3.68.